The number of hydrogen-bond acceptors (Lipinski definition) is 15. The molecule has 0 amide bonds. The van der Waals surface area contributed by atoms with Crippen molar-refractivity contribution in [3.63, 3.8) is 0 Å². The van der Waals surface area contributed by atoms with Crippen molar-refractivity contribution in [2.75, 3.05) is 39.6 Å². The van der Waals surface area contributed by atoms with Crippen LogP contribution in [0.25, 0.3) is 0 Å². The van der Waals surface area contributed by atoms with E-state index >= 15 is 0 Å². The van der Waals surface area contributed by atoms with Gasteiger partial charge >= 0.3 is 39.5 Å². The number of phosphoric acid groups is 2. The molecule has 0 aliphatic carbocycles. The Hall–Kier alpha value is -2.46. The molecule has 0 aromatic heterocycles. The second-order valence-corrected chi connectivity index (χ2v) is 31.3. The first kappa shape index (κ1) is 97.5. The van der Waals surface area contributed by atoms with Gasteiger partial charge in [0.15, 0.2) is 12.2 Å². The van der Waals surface area contributed by atoms with E-state index < -0.39 is 97.5 Å². The number of allylic oxidation sites excluding steroid dienone is 4. The summed E-state index contributed by atoms with van der Waals surface area (Å²) < 4.78 is 68.7. The van der Waals surface area contributed by atoms with E-state index in [0.717, 1.165) is 122 Å². The third kappa shape index (κ3) is 73.8. The van der Waals surface area contributed by atoms with Crippen LogP contribution >= 0.6 is 15.6 Å². The van der Waals surface area contributed by atoms with Gasteiger partial charge in [0.05, 0.1) is 26.4 Å². The Bertz CT molecular complexity index is 1990. The van der Waals surface area contributed by atoms with Gasteiger partial charge in [-0.25, -0.2) is 9.13 Å². The first-order valence-electron chi connectivity index (χ1n) is 41.6. The van der Waals surface area contributed by atoms with Crippen LogP contribution in [0.1, 0.15) is 413 Å². The zero-order valence-corrected chi connectivity index (χ0v) is 66.5. The van der Waals surface area contributed by atoms with Crippen molar-refractivity contribution < 1.29 is 80.2 Å². The Morgan fingerprint density at radius 3 is 0.690 bits per heavy atom. The van der Waals surface area contributed by atoms with Crippen LogP contribution in [0.3, 0.4) is 0 Å². The van der Waals surface area contributed by atoms with E-state index in [1.165, 1.54) is 212 Å². The monoisotopic (exact) mass is 1460 g/mol. The molecule has 0 fully saturated rings. The van der Waals surface area contributed by atoms with E-state index in [1.54, 1.807) is 0 Å². The fourth-order valence-electron chi connectivity index (χ4n) is 12.0. The summed E-state index contributed by atoms with van der Waals surface area (Å²) in [5.74, 6) is -2.14. The molecular formula is C81H154O17P2. The summed E-state index contributed by atoms with van der Waals surface area (Å²) in [4.78, 5) is 73.1. The zero-order chi connectivity index (χ0) is 73.2. The average molecular weight is 1460 g/mol. The highest BCUT2D eigenvalue weighted by molar-refractivity contribution is 7.47. The fourth-order valence-corrected chi connectivity index (χ4v) is 13.6. The number of rotatable bonds is 80. The predicted molar refractivity (Wildman–Crippen MR) is 409 cm³/mol. The molecule has 0 aromatic rings. The standard InChI is InChI=1S/C81H154O17P2/c1-5-9-13-17-21-25-29-33-37-41-45-49-53-57-61-65-78(83)91-71-76(97-80(85)67-63-59-55-51-47-43-39-35-31-27-23-19-15-11-7-3)73-95-99(87,88)93-69-75(82)70-94-100(89,90)96-74-77(98-81(86)68-64-60-56-52-48-44-40-36-32-28-24-20-16-12-8-4)72-92-79(84)66-62-58-54-50-46-42-38-34-30-26-22-18-14-10-6-2/h33,35,37,39,75-77,82H,5-32,34,36,38,40-74H2,1-4H3,(H,87,88)(H,89,90)/b37-33-,39-35-. The molecule has 0 spiro atoms. The molecule has 0 radical (unpaired) electrons. The largest absolute Gasteiger partial charge is 0.472 e. The van der Waals surface area contributed by atoms with Crippen molar-refractivity contribution in [2.24, 2.45) is 0 Å². The summed E-state index contributed by atoms with van der Waals surface area (Å²) in [7, 11) is -9.93. The second kappa shape index (κ2) is 74.8. The van der Waals surface area contributed by atoms with Gasteiger partial charge in [-0.15, -0.1) is 0 Å². The molecule has 0 aromatic carbocycles. The smallest absolute Gasteiger partial charge is 0.462 e. The maximum Gasteiger partial charge on any atom is 0.472 e. The van der Waals surface area contributed by atoms with Gasteiger partial charge in [0.2, 0.25) is 0 Å². The predicted octanol–water partition coefficient (Wildman–Crippen LogP) is 24.1. The third-order valence-electron chi connectivity index (χ3n) is 18.4. The maximum absolute atomic E-state index is 13.1. The lowest BCUT2D eigenvalue weighted by Gasteiger charge is -2.21. The Morgan fingerprint density at radius 1 is 0.270 bits per heavy atom. The second-order valence-electron chi connectivity index (χ2n) is 28.4. The van der Waals surface area contributed by atoms with E-state index in [-0.39, 0.29) is 25.7 Å². The zero-order valence-electron chi connectivity index (χ0n) is 64.7. The van der Waals surface area contributed by atoms with Crippen LogP contribution in [0.15, 0.2) is 24.3 Å². The topological polar surface area (TPSA) is 237 Å². The van der Waals surface area contributed by atoms with Crippen LogP contribution in [0.4, 0.5) is 0 Å². The number of aliphatic hydroxyl groups is 1. The van der Waals surface area contributed by atoms with Gasteiger partial charge in [-0.3, -0.25) is 37.3 Å². The first-order valence-corrected chi connectivity index (χ1v) is 44.6. The Morgan fingerprint density at radius 2 is 0.460 bits per heavy atom. The number of hydrogen-bond donors (Lipinski definition) is 3. The maximum atomic E-state index is 13.1. The summed E-state index contributed by atoms with van der Waals surface area (Å²) in [6.07, 6.45) is 70.0. The minimum atomic E-state index is -4.97. The fraction of sp³-hybridized carbons (Fsp3) is 0.901. The van der Waals surface area contributed by atoms with Crippen molar-refractivity contribution >= 4 is 39.5 Å². The Labute approximate surface area is 612 Å². The number of esters is 4. The lowest BCUT2D eigenvalue weighted by Crippen LogP contribution is -2.30. The van der Waals surface area contributed by atoms with Gasteiger partial charge in [0.25, 0.3) is 0 Å². The number of carbonyl (C=O) groups excluding carboxylic acids is 4. The van der Waals surface area contributed by atoms with Crippen LogP contribution in [-0.2, 0) is 65.4 Å². The van der Waals surface area contributed by atoms with E-state index in [9.17, 15) is 43.2 Å². The van der Waals surface area contributed by atoms with Crippen LogP contribution in [-0.4, -0.2) is 96.7 Å². The van der Waals surface area contributed by atoms with E-state index in [4.69, 9.17) is 37.0 Å². The van der Waals surface area contributed by atoms with Gasteiger partial charge in [-0.2, -0.15) is 0 Å². The number of unbranched alkanes of at least 4 members (excludes halogenated alkanes) is 50. The molecule has 0 bridgehead atoms. The quantitative estimate of drug-likeness (QED) is 0.0169. The summed E-state index contributed by atoms with van der Waals surface area (Å²) in [6.45, 7) is 4.97. The normalized spacial score (nSPS) is 13.9. The summed E-state index contributed by atoms with van der Waals surface area (Å²) in [6, 6.07) is 0. The van der Waals surface area contributed by atoms with Crippen LogP contribution in [0.5, 0.6) is 0 Å². The lowest BCUT2D eigenvalue weighted by atomic mass is 10.0. The molecule has 590 valence electrons. The summed E-state index contributed by atoms with van der Waals surface area (Å²) >= 11 is 0. The number of carbonyl (C=O) groups is 4. The number of ether oxygens (including phenoxy) is 4. The summed E-state index contributed by atoms with van der Waals surface area (Å²) in [5, 5.41) is 10.6. The van der Waals surface area contributed by atoms with Gasteiger partial charge in [0.1, 0.15) is 19.3 Å². The number of aliphatic hydroxyl groups excluding tert-OH is 1. The van der Waals surface area contributed by atoms with E-state index in [2.05, 4.69) is 52.0 Å². The van der Waals surface area contributed by atoms with Crippen LogP contribution < -0.4 is 0 Å². The molecular weight excluding hydrogens is 1310 g/mol. The minimum absolute atomic E-state index is 0.0912. The average Bonchev–Trinajstić information content (AvgIpc) is 1.01. The molecule has 0 saturated carbocycles. The third-order valence-corrected chi connectivity index (χ3v) is 20.3. The molecule has 17 nitrogen and oxygen atoms in total. The van der Waals surface area contributed by atoms with Crippen molar-refractivity contribution in [3.8, 4) is 0 Å². The van der Waals surface area contributed by atoms with Gasteiger partial charge in [-0.1, -0.05) is 335 Å². The number of phosphoric ester groups is 2. The Kier molecular flexibility index (Phi) is 73.0. The molecule has 19 heteroatoms. The molecule has 0 aliphatic heterocycles. The molecule has 5 unspecified atom stereocenters. The highest BCUT2D eigenvalue weighted by Gasteiger charge is 2.30. The minimum Gasteiger partial charge on any atom is -0.462 e. The highest BCUT2D eigenvalue weighted by atomic mass is 31.2. The van der Waals surface area contributed by atoms with Crippen LogP contribution in [0, 0.1) is 0 Å². The van der Waals surface area contributed by atoms with Gasteiger partial charge < -0.3 is 33.8 Å². The van der Waals surface area contributed by atoms with Crippen molar-refractivity contribution in [1.29, 1.82) is 0 Å². The van der Waals surface area contributed by atoms with Crippen molar-refractivity contribution in [3.05, 3.63) is 24.3 Å². The molecule has 5 atom stereocenters. The van der Waals surface area contributed by atoms with Crippen LogP contribution in [0.2, 0.25) is 0 Å². The molecule has 0 saturated heterocycles. The highest BCUT2D eigenvalue weighted by Crippen LogP contribution is 2.45. The van der Waals surface area contributed by atoms with Crippen molar-refractivity contribution in [2.45, 2.75) is 431 Å². The van der Waals surface area contributed by atoms with E-state index in [1.807, 2.05) is 0 Å². The van der Waals surface area contributed by atoms with E-state index in [0.29, 0.717) is 25.7 Å². The molecule has 100 heavy (non-hydrogen) atoms. The molecule has 0 heterocycles. The van der Waals surface area contributed by atoms with Gasteiger partial charge in [-0.05, 0) is 77.0 Å². The Balaban J connectivity index is 5.31. The lowest BCUT2D eigenvalue weighted by molar-refractivity contribution is -0.161. The molecule has 3 N–H and O–H groups in total. The SMILES string of the molecule is CCCCCCCC/C=C\CCCCCCCC(=O)OCC(COP(=O)(O)OCC(O)COP(=O)(O)OCC(COC(=O)CCCCCCCCCCCCCCCCC)OC(=O)CCCCCCCCCCCCCCCCC)OC(=O)CCCCCCC/C=C\CCCCCCCC. The van der Waals surface area contributed by atoms with Crippen molar-refractivity contribution in [1.82, 2.24) is 0 Å². The van der Waals surface area contributed by atoms with Gasteiger partial charge in [0, 0.05) is 25.7 Å². The first-order chi connectivity index (χ1) is 48.7. The summed E-state index contributed by atoms with van der Waals surface area (Å²) in [5.41, 5.74) is 0. The molecule has 0 aliphatic rings. The molecule has 0 rings (SSSR count).